The number of aldehydes is 1. The first-order valence-corrected chi connectivity index (χ1v) is 7.88. The zero-order chi connectivity index (χ0) is 12.1. The molecule has 0 heterocycles. The van der Waals surface area contributed by atoms with Crippen molar-refractivity contribution < 1.29 is 4.79 Å². The molecule has 98 valence electrons. The van der Waals surface area contributed by atoms with Gasteiger partial charge in [0, 0.05) is 11.2 Å². The highest BCUT2D eigenvalue weighted by Crippen LogP contribution is 2.48. The Kier molecular flexibility index (Phi) is 4.96. The van der Waals surface area contributed by atoms with Crippen molar-refractivity contribution in [2.45, 2.75) is 75.4 Å². The Morgan fingerprint density at radius 3 is 1.65 bits per heavy atom. The Hall–Kier alpha value is 0.0200. The lowest BCUT2D eigenvalue weighted by Crippen LogP contribution is -2.42. The van der Waals surface area contributed by atoms with Gasteiger partial charge in [-0.25, -0.2) is 0 Å². The first-order valence-electron chi connectivity index (χ1n) is 7.43. The molecule has 1 nitrogen and oxygen atoms in total. The number of hydrogen-bond donors (Lipinski definition) is 1. The summed E-state index contributed by atoms with van der Waals surface area (Å²) >= 11 is 5.05. The van der Waals surface area contributed by atoms with Crippen LogP contribution in [-0.2, 0) is 4.79 Å². The average molecular weight is 254 g/mol. The molecule has 0 unspecified atom stereocenters. The average Bonchev–Trinajstić information content (AvgIpc) is 2.41. The molecule has 0 aromatic rings. The smallest absolute Gasteiger partial charge is 0.121 e. The van der Waals surface area contributed by atoms with E-state index in [-0.39, 0.29) is 4.75 Å². The Morgan fingerprint density at radius 2 is 1.29 bits per heavy atom. The van der Waals surface area contributed by atoms with Crippen LogP contribution in [0.5, 0.6) is 0 Å². The van der Waals surface area contributed by atoms with E-state index < -0.39 is 0 Å². The summed E-state index contributed by atoms with van der Waals surface area (Å²) in [6, 6.07) is 0. The zero-order valence-corrected chi connectivity index (χ0v) is 11.8. The Balaban J connectivity index is 2.08. The Labute approximate surface area is 111 Å². The molecule has 0 atom stereocenters. The molecule has 0 aliphatic heterocycles. The van der Waals surface area contributed by atoms with Crippen LogP contribution in [-0.4, -0.2) is 11.0 Å². The number of thiol groups is 1. The minimum atomic E-state index is 0.0165. The third-order valence-corrected chi connectivity index (χ3v) is 5.95. The van der Waals surface area contributed by atoms with Gasteiger partial charge in [-0.3, -0.25) is 0 Å². The predicted octanol–water partition coefficient (Wildman–Crippen LogP) is 4.40. The maximum absolute atomic E-state index is 11.1. The molecule has 2 aliphatic rings. The van der Waals surface area contributed by atoms with E-state index in [0.29, 0.717) is 18.3 Å². The molecule has 17 heavy (non-hydrogen) atoms. The van der Waals surface area contributed by atoms with Gasteiger partial charge in [0.1, 0.15) is 6.29 Å². The van der Waals surface area contributed by atoms with Crippen LogP contribution in [0.3, 0.4) is 0 Å². The van der Waals surface area contributed by atoms with Crippen molar-refractivity contribution in [2.75, 3.05) is 0 Å². The molecule has 0 saturated heterocycles. The monoisotopic (exact) mass is 254 g/mol. The summed E-state index contributed by atoms with van der Waals surface area (Å²) in [4.78, 5) is 11.1. The lowest BCUT2D eigenvalue weighted by atomic mass is 9.68. The van der Waals surface area contributed by atoms with Crippen LogP contribution >= 0.6 is 12.6 Å². The van der Waals surface area contributed by atoms with Crippen molar-refractivity contribution in [2.24, 2.45) is 11.8 Å². The molecule has 2 rings (SSSR count). The normalized spacial score (nSPS) is 24.8. The van der Waals surface area contributed by atoms with Crippen LogP contribution < -0.4 is 0 Å². The minimum absolute atomic E-state index is 0.0165. The lowest BCUT2D eigenvalue weighted by Gasteiger charge is -2.45. The highest BCUT2D eigenvalue weighted by Gasteiger charge is 2.42. The van der Waals surface area contributed by atoms with Gasteiger partial charge in [0.05, 0.1) is 0 Å². The second-order valence-corrected chi connectivity index (χ2v) is 6.86. The quantitative estimate of drug-likeness (QED) is 0.581. The van der Waals surface area contributed by atoms with Gasteiger partial charge in [-0.05, 0) is 37.5 Å². The maximum atomic E-state index is 11.1. The van der Waals surface area contributed by atoms with E-state index in [1.54, 1.807) is 0 Å². The van der Waals surface area contributed by atoms with Gasteiger partial charge in [0.15, 0.2) is 0 Å². The molecule has 2 fully saturated rings. The van der Waals surface area contributed by atoms with Gasteiger partial charge in [-0.1, -0.05) is 38.5 Å². The van der Waals surface area contributed by atoms with Crippen molar-refractivity contribution in [3.63, 3.8) is 0 Å². The fourth-order valence-electron chi connectivity index (χ4n) is 4.01. The molecule has 2 heteroatoms. The second-order valence-electron chi connectivity index (χ2n) is 6.03. The van der Waals surface area contributed by atoms with E-state index in [4.69, 9.17) is 12.6 Å². The Morgan fingerprint density at radius 1 is 0.882 bits per heavy atom. The largest absolute Gasteiger partial charge is 0.303 e. The highest BCUT2D eigenvalue weighted by molar-refractivity contribution is 7.81. The van der Waals surface area contributed by atoms with Gasteiger partial charge in [-0.2, -0.15) is 12.6 Å². The van der Waals surface area contributed by atoms with E-state index in [1.165, 1.54) is 64.2 Å². The van der Waals surface area contributed by atoms with E-state index in [2.05, 4.69) is 0 Å². The van der Waals surface area contributed by atoms with Crippen molar-refractivity contribution in [3.05, 3.63) is 0 Å². The van der Waals surface area contributed by atoms with Crippen LogP contribution in [0, 0.1) is 11.8 Å². The van der Waals surface area contributed by atoms with Gasteiger partial charge in [0.2, 0.25) is 0 Å². The number of carbonyl (C=O) groups excluding carboxylic acids is 1. The molecular weight excluding hydrogens is 228 g/mol. The van der Waals surface area contributed by atoms with Gasteiger partial charge >= 0.3 is 0 Å². The standard InChI is InChI=1S/C15H26OS/c16-12-11-15(17,13-7-3-1-4-8-13)14-9-5-2-6-10-14/h12-14,17H,1-11H2. The Bertz CT molecular complexity index is 221. The summed E-state index contributed by atoms with van der Waals surface area (Å²) in [6.45, 7) is 0. The van der Waals surface area contributed by atoms with Crippen LogP contribution in [0.4, 0.5) is 0 Å². The van der Waals surface area contributed by atoms with E-state index >= 15 is 0 Å². The summed E-state index contributed by atoms with van der Waals surface area (Å²) in [5.74, 6) is 1.38. The lowest BCUT2D eigenvalue weighted by molar-refractivity contribution is -0.109. The molecule has 0 amide bonds. The molecule has 0 aromatic carbocycles. The second kappa shape index (κ2) is 6.26. The fourth-order valence-corrected chi connectivity index (χ4v) is 4.60. The summed E-state index contributed by atoms with van der Waals surface area (Å²) < 4.78 is 0.0165. The third kappa shape index (κ3) is 3.07. The first-order chi connectivity index (χ1) is 8.27. The maximum Gasteiger partial charge on any atom is 0.121 e. The molecule has 2 aliphatic carbocycles. The third-order valence-electron chi connectivity index (χ3n) is 5.03. The molecule has 0 aromatic heterocycles. The number of rotatable bonds is 4. The molecule has 2 saturated carbocycles. The van der Waals surface area contributed by atoms with E-state index in [1.807, 2.05) is 0 Å². The summed E-state index contributed by atoms with van der Waals surface area (Å²) in [5, 5.41) is 0. The fraction of sp³-hybridized carbons (Fsp3) is 0.933. The molecular formula is C15H26OS. The van der Waals surface area contributed by atoms with Gasteiger partial charge in [-0.15, -0.1) is 0 Å². The molecule has 0 N–H and O–H groups in total. The first kappa shape index (κ1) is 13.5. The van der Waals surface area contributed by atoms with E-state index in [0.717, 1.165) is 6.29 Å². The summed E-state index contributed by atoms with van der Waals surface area (Å²) in [5.41, 5.74) is 0. The molecule has 0 radical (unpaired) electrons. The summed E-state index contributed by atoms with van der Waals surface area (Å²) in [7, 11) is 0. The highest BCUT2D eigenvalue weighted by atomic mass is 32.1. The van der Waals surface area contributed by atoms with E-state index in [9.17, 15) is 4.79 Å². The van der Waals surface area contributed by atoms with Crippen molar-refractivity contribution in [1.82, 2.24) is 0 Å². The summed E-state index contributed by atoms with van der Waals surface area (Å²) in [6.07, 6.45) is 15.1. The minimum Gasteiger partial charge on any atom is -0.303 e. The SMILES string of the molecule is O=CCC(S)(C1CCCCC1)C1CCCCC1. The number of carbonyl (C=O) groups is 1. The van der Waals surface area contributed by atoms with Gasteiger partial charge < -0.3 is 4.79 Å². The number of hydrogen-bond acceptors (Lipinski definition) is 2. The van der Waals surface area contributed by atoms with Crippen molar-refractivity contribution in [1.29, 1.82) is 0 Å². The van der Waals surface area contributed by atoms with Crippen LogP contribution in [0.15, 0.2) is 0 Å². The van der Waals surface area contributed by atoms with Crippen molar-refractivity contribution >= 4 is 18.9 Å². The van der Waals surface area contributed by atoms with Crippen LogP contribution in [0.1, 0.15) is 70.6 Å². The molecule has 0 spiro atoms. The molecule has 0 bridgehead atoms. The topological polar surface area (TPSA) is 17.1 Å². The van der Waals surface area contributed by atoms with Crippen LogP contribution in [0.2, 0.25) is 0 Å². The predicted molar refractivity (Wildman–Crippen MR) is 75.5 cm³/mol. The van der Waals surface area contributed by atoms with Gasteiger partial charge in [0.25, 0.3) is 0 Å². The van der Waals surface area contributed by atoms with Crippen LogP contribution in [0.25, 0.3) is 0 Å². The van der Waals surface area contributed by atoms with Crippen molar-refractivity contribution in [3.8, 4) is 0 Å². The zero-order valence-electron chi connectivity index (χ0n) is 10.9.